The summed E-state index contributed by atoms with van der Waals surface area (Å²) in [5.74, 6) is 0.440. The normalized spacial score (nSPS) is 10.9. The minimum Gasteiger partial charge on any atom is -0.422 e. The molecule has 0 spiro atoms. The van der Waals surface area contributed by atoms with Crippen molar-refractivity contribution in [1.82, 2.24) is 10.2 Å². The van der Waals surface area contributed by atoms with Crippen LogP contribution in [0.25, 0.3) is 22.4 Å². The average molecular weight is 423 g/mol. The molecule has 0 radical (unpaired) electrons. The summed E-state index contributed by atoms with van der Waals surface area (Å²) in [5.41, 5.74) is 2.08. The van der Waals surface area contributed by atoms with Crippen LogP contribution in [-0.2, 0) is 6.42 Å². The topological polar surface area (TPSA) is 98.2 Å². The van der Waals surface area contributed by atoms with Gasteiger partial charge in [-0.15, -0.1) is 10.2 Å². The molecule has 0 saturated heterocycles. The van der Waals surface area contributed by atoms with Crippen molar-refractivity contribution in [2.45, 2.75) is 6.42 Å². The number of nitrogens with one attached hydrogen (secondary N) is 1. The number of nitrogens with zero attached hydrogens (tertiary/aromatic N) is 2. The van der Waals surface area contributed by atoms with Gasteiger partial charge in [-0.05, 0) is 42.0 Å². The largest absolute Gasteiger partial charge is 0.422 e. The summed E-state index contributed by atoms with van der Waals surface area (Å²) in [5, 5.41) is 11.6. The maximum absolute atomic E-state index is 12.6. The van der Waals surface area contributed by atoms with Gasteiger partial charge >= 0.3 is 5.63 Å². The number of fused-ring (bicyclic) bond motifs is 1. The third kappa shape index (κ3) is 4.04. The van der Waals surface area contributed by atoms with Crippen LogP contribution in [0.2, 0.25) is 0 Å². The zero-order valence-corrected chi connectivity index (χ0v) is 16.8. The van der Waals surface area contributed by atoms with Gasteiger partial charge in [0.2, 0.25) is 11.8 Å². The lowest BCUT2D eigenvalue weighted by molar-refractivity contribution is 0.102. The Morgan fingerprint density at radius 3 is 2.41 bits per heavy atom. The zero-order valence-electron chi connectivity index (χ0n) is 16.8. The molecular formula is C25H17N3O4. The molecule has 1 amide bonds. The molecule has 7 nitrogen and oxygen atoms in total. The SMILES string of the molecule is O=C(Nc1ccc(Cc2nnc(-c3ccccc3)o2)cc1)c1cc2ccccc2oc1=O. The molecule has 0 aliphatic heterocycles. The third-order valence-corrected chi connectivity index (χ3v) is 4.94. The number of hydrogen-bond donors (Lipinski definition) is 1. The number of carbonyl (C=O) groups excluding carboxylic acids is 1. The summed E-state index contributed by atoms with van der Waals surface area (Å²) in [4.78, 5) is 24.8. The van der Waals surface area contributed by atoms with Crippen molar-refractivity contribution >= 4 is 22.6 Å². The summed E-state index contributed by atoms with van der Waals surface area (Å²) < 4.78 is 11.0. The highest BCUT2D eigenvalue weighted by molar-refractivity contribution is 6.05. The first-order valence-electron chi connectivity index (χ1n) is 9.97. The fourth-order valence-electron chi connectivity index (χ4n) is 3.32. The molecule has 7 heteroatoms. The van der Waals surface area contributed by atoms with E-state index in [1.54, 1.807) is 30.3 Å². The van der Waals surface area contributed by atoms with Gasteiger partial charge in [0, 0.05) is 16.6 Å². The number of carbonyl (C=O) groups is 1. The number of para-hydroxylation sites is 1. The summed E-state index contributed by atoms with van der Waals surface area (Å²) >= 11 is 0. The standard InChI is InChI=1S/C25H17N3O4/c29-23(20-15-18-8-4-5-9-21(18)31-25(20)30)26-19-12-10-16(11-13-19)14-22-27-28-24(32-22)17-6-2-1-3-7-17/h1-13,15H,14H2,(H,26,29). The van der Waals surface area contributed by atoms with Gasteiger partial charge in [0.25, 0.3) is 5.91 Å². The third-order valence-electron chi connectivity index (χ3n) is 4.94. The van der Waals surface area contributed by atoms with Crippen molar-refractivity contribution < 1.29 is 13.6 Å². The smallest absolute Gasteiger partial charge is 0.349 e. The molecule has 5 rings (SSSR count). The van der Waals surface area contributed by atoms with Crippen molar-refractivity contribution in [2.75, 3.05) is 5.32 Å². The van der Waals surface area contributed by atoms with Crippen LogP contribution in [0.5, 0.6) is 0 Å². The lowest BCUT2D eigenvalue weighted by Gasteiger charge is -2.06. The van der Waals surface area contributed by atoms with Crippen LogP contribution < -0.4 is 10.9 Å². The monoisotopic (exact) mass is 423 g/mol. The van der Waals surface area contributed by atoms with Crippen LogP contribution in [0.4, 0.5) is 5.69 Å². The lowest BCUT2D eigenvalue weighted by atomic mass is 10.1. The summed E-state index contributed by atoms with van der Waals surface area (Å²) in [6.45, 7) is 0. The molecule has 2 aromatic heterocycles. The molecule has 156 valence electrons. The van der Waals surface area contributed by atoms with Gasteiger partial charge in [-0.2, -0.15) is 0 Å². The number of hydrogen-bond acceptors (Lipinski definition) is 6. The first-order valence-corrected chi connectivity index (χ1v) is 9.97. The predicted octanol–water partition coefficient (Wildman–Crippen LogP) is 4.69. The summed E-state index contributed by atoms with van der Waals surface area (Å²) in [6, 6.07) is 25.4. The van der Waals surface area contributed by atoms with Crippen LogP contribution in [0, 0.1) is 0 Å². The Kier molecular flexibility index (Phi) is 5.05. The van der Waals surface area contributed by atoms with E-state index in [2.05, 4.69) is 15.5 Å². The molecule has 3 aromatic carbocycles. The Morgan fingerprint density at radius 2 is 1.59 bits per heavy atom. The molecule has 5 aromatic rings. The van der Waals surface area contributed by atoms with Gasteiger partial charge < -0.3 is 14.2 Å². The Bertz CT molecular complexity index is 1450. The molecule has 0 aliphatic carbocycles. The van der Waals surface area contributed by atoms with Crippen LogP contribution in [0.3, 0.4) is 0 Å². The van der Waals surface area contributed by atoms with Gasteiger partial charge in [0.15, 0.2) is 0 Å². The molecular weight excluding hydrogens is 406 g/mol. The lowest BCUT2D eigenvalue weighted by Crippen LogP contribution is -2.20. The number of rotatable bonds is 5. The zero-order chi connectivity index (χ0) is 21.9. The summed E-state index contributed by atoms with van der Waals surface area (Å²) in [7, 11) is 0. The highest BCUT2D eigenvalue weighted by Crippen LogP contribution is 2.20. The van der Waals surface area contributed by atoms with Crippen LogP contribution >= 0.6 is 0 Å². The molecule has 32 heavy (non-hydrogen) atoms. The van der Waals surface area contributed by atoms with E-state index in [0.717, 1.165) is 11.1 Å². The van der Waals surface area contributed by atoms with Crippen molar-refractivity contribution in [3.63, 3.8) is 0 Å². The number of benzene rings is 3. The first kappa shape index (κ1) is 19.4. The molecule has 0 saturated carbocycles. The second-order valence-corrected chi connectivity index (χ2v) is 7.18. The quantitative estimate of drug-likeness (QED) is 0.412. The fraction of sp³-hybridized carbons (Fsp3) is 0.0400. The fourth-order valence-corrected chi connectivity index (χ4v) is 3.32. The van der Waals surface area contributed by atoms with E-state index in [4.69, 9.17) is 8.83 Å². The number of anilines is 1. The van der Waals surface area contributed by atoms with Gasteiger partial charge in [0.1, 0.15) is 11.1 Å². The van der Waals surface area contributed by atoms with E-state index in [0.29, 0.717) is 34.9 Å². The van der Waals surface area contributed by atoms with Crippen LogP contribution in [-0.4, -0.2) is 16.1 Å². The van der Waals surface area contributed by atoms with E-state index in [9.17, 15) is 9.59 Å². The van der Waals surface area contributed by atoms with E-state index in [1.807, 2.05) is 48.5 Å². The van der Waals surface area contributed by atoms with E-state index >= 15 is 0 Å². The van der Waals surface area contributed by atoms with Crippen molar-refractivity contribution in [3.05, 3.63) is 112 Å². The molecule has 0 bridgehead atoms. The van der Waals surface area contributed by atoms with Crippen molar-refractivity contribution in [1.29, 1.82) is 0 Å². The van der Waals surface area contributed by atoms with Gasteiger partial charge in [-0.3, -0.25) is 4.79 Å². The maximum atomic E-state index is 12.6. The second-order valence-electron chi connectivity index (χ2n) is 7.18. The summed E-state index contributed by atoms with van der Waals surface area (Å²) in [6.07, 6.45) is 0.461. The van der Waals surface area contributed by atoms with Crippen LogP contribution in [0.1, 0.15) is 21.8 Å². The Balaban J connectivity index is 1.28. The highest BCUT2D eigenvalue weighted by Gasteiger charge is 2.14. The molecule has 0 unspecified atom stereocenters. The van der Waals surface area contributed by atoms with Crippen molar-refractivity contribution in [3.8, 4) is 11.5 Å². The Labute approximate surface area is 182 Å². The number of amides is 1. The van der Waals surface area contributed by atoms with Gasteiger partial charge in [0.05, 0.1) is 6.42 Å². The molecule has 2 heterocycles. The minimum atomic E-state index is -0.677. The van der Waals surface area contributed by atoms with Crippen molar-refractivity contribution in [2.24, 2.45) is 0 Å². The van der Waals surface area contributed by atoms with Crippen LogP contribution in [0.15, 0.2) is 98.6 Å². The average Bonchev–Trinajstić information content (AvgIpc) is 3.29. The Hall–Kier alpha value is -4.52. The molecule has 0 aliphatic rings. The molecule has 0 fully saturated rings. The number of aromatic nitrogens is 2. The van der Waals surface area contributed by atoms with Gasteiger partial charge in [-0.25, -0.2) is 4.79 Å². The predicted molar refractivity (Wildman–Crippen MR) is 119 cm³/mol. The van der Waals surface area contributed by atoms with E-state index in [-0.39, 0.29) is 5.56 Å². The van der Waals surface area contributed by atoms with E-state index in [1.165, 1.54) is 6.07 Å². The molecule has 0 atom stereocenters. The Morgan fingerprint density at radius 1 is 0.844 bits per heavy atom. The van der Waals surface area contributed by atoms with E-state index < -0.39 is 11.5 Å². The second kappa shape index (κ2) is 8.31. The highest BCUT2D eigenvalue weighted by atomic mass is 16.4. The van der Waals surface area contributed by atoms with Gasteiger partial charge in [-0.1, -0.05) is 48.5 Å². The maximum Gasteiger partial charge on any atom is 0.349 e. The molecule has 1 N–H and O–H groups in total. The minimum absolute atomic E-state index is 0.0490. The first-order chi connectivity index (χ1) is 15.7.